The van der Waals surface area contributed by atoms with Crippen LogP contribution in [-0.2, 0) is 4.79 Å². The van der Waals surface area contributed by atoms with E-state index in [-0.39, 0.29) is 17.9 Å². The Morgan fingerprint density at radius 1 is 0.615 bits per heavy atom. The maximum atomic E-state index is 12.8. The molecule has 146 valence electrons. The maximum Gasteiger partial charge on any atom is 0.320 e. The fraction of sp³-hybridized carbons (Fsp3) is 0.900. The fourth-order valence-corrected chi connectivity index (χ4v) is 4.79. The molecule has 1 aliphatic carbocycles. The molecule has 26 heavy (non-hydrogen) atoms. The first-order valence-electron chi connectivity index (χ1n) is 10.8. The first kappa shape index (κ1) is 18.1. The minimum atomic E-state index is 0.0375. The third-order valence-corrected chi connectivity index (χ3v) is 6.81. The Balaban J connectivity index is 1.23. The van der Waals surface area contributed by atoms with Crippen molar-refractivity contribution in [2.45, 2.75) is 57.4 Å². The van der Waals surface area contributed by atoms with E-state index in [9.17, 15) is 9.59 Å². The van der Waals surface area contributed by atoms with Crippen molar-refractivity contribution in [3.63, 3.8) is 0 Å². The van der Waals surface area contributed by atoms with Crippen LogP contribution < -0.4 is 0 Å². The van der Waals surface area contributed by atoms with Crippen molar-refractivity contribution in [2.24, 2.45) is 5.92 Å². The molecule has 0 N–H and O–H groups in total. The standard InChI is InChI=1S/C20H34N4O2/c25-19(22-9-3-1-2-4-10-22)17-15-24(16-17)20(26)23-12-6-11-21(13-14-23)18-7-5-8-18/h17-18H,1-16H2. The monoisotopic (exact) mass is 362 g/mol. The highest BCUT2D eigenvalue weighted by atomic mass is 16.2. The second-order valence-electron chi connectivity index (χ2n) is 8.59. The summed E-state index contributed by atoms with van der Waals surface area (Å²) in [5, 5.41) is 0. The van der Waals surface area contributed by atoms with Crippen molar-refractivity contribution >= 4 is 11.9 Å². The Morgan fingerprint density at radius 2 is 1.31 bits per heavy atom. The van der Waals surface area contributed by atoms with Gasteiger partial charge in [0.15, 0.2) is 0 Å². The van der Waals surface area contributed by atoms with Crippen LogP contribution in [0.2, 0.25) is 0 Å². The number of carbonyl (C=O) groups excluding carboxylic acids is 2. The maximum absolute atomic E-state index is 12.8. The van der Waals surface area contributed by atoms with Crippen LogP contribution in [0.15, 0.2) is 0 Å². The van der Waals surface area contributed by atoms with Crippen molar-refractivity contribution in [1.29, 1.82) is 0 Å². The smallest absolute Gasteiger partial charge is 0.320 e. The minimum Gasteiger partial charge on any atom is -0.342 e. The topological polar surface area (TPSA) is 47.1 Å². The quantitative estimate of drug-likeness (QED) is 0.755. The zero-order chi connectivity index (χ0) is 17.9. The van der Waals surface area contributed by atoms with Crippen molar-refractivity contribution in [3.05, 3.63) is 0 Å². The van der Waals surface area contributed by atoms with Crippen LogP contribution in [0, 0.1) is 5.92 Å². The Morgan fingerprint density at radius 3 is 1.96 bits per heavy atom. The van der Waals surface area contributed by atoms with Gasteiger partial charge in [-0.05, 0) is 32.1 Å². The molecule has 0 atom stereocenters. The molecule has 6 nitrogen and oxygen atoms in total. The number of hydrogen-bond donors (Lipinski definition) is 0. The number of nitrogens with zero attached hydrogens (tertiary/aromatic N) is 4. The Bertz CT molecular complexity index is 508. The zero-order valence-corrected chi connectivity index (χ0v) is 16.1. The first-order chi connectivity index (χ1) is 12.7. The van der Waals surface area contributed by atoms with Gasteiger partial charge >= 0.3 is 6.03 Å². The number of carbonyl (C=O) groups is 2. The predicted octanol–water partition coefficient (Wildman–Crippen LogP) is 2.00. The third kappa shape index (κ3) is 3.85. The largest absolute Gasteiger partial charge is 0.342 e. The first-order valence-corrected chi connectivity index (χ1v) is 10.8. The second kappa shape index (κ2) is 8.15. The zero-order valence-electron chi connectivity index (χ0n) is 16.1. The molecule has 3 heterocycles. The molecule has 4 fully saturated rings. The van der Waals surface area contributed by atoms with E-state index < -0.39 is 0 Å². The van der Waals surface area contributed by atoms with Crippen molar-refractivity contribution in [3.8, 4) is 0 Å². The Kier molecular flexibility index (Phi) is 5.67. The molecule has 0 aromatic rings. The van der Waals surface area contributed by atoms with E-state index in [1.54, 1.807) is 0 Å². The summed E-state index contributed by atoms with van der Waals surface area (Å²) in [7, 11) is 0. The number of rotatable bonds is 2. The lowest BCUT2D eigenvalue weighted by Crippen LogP contribution is -2.59. The van der Waals surface area contributed by atoms with Gasteiger partial charge < -0.3 is 14.7 Å². The predicted molar refractivity (Wildman–Crippen MR) is 101 cm³/mol. The summed E-state index contributed by atoms with van der Waals surface area (Å²) in [5.74, 6) is 0.318. The highest BCUT2D eigenvalue weighted by Gasteiger charge is 2.40. The molecular weight excluding hydrogens is 328 g/mol. The average molecular weight is 363 g/mol. The third-order valence-electron chi connectivity index (χ3n) is 6.81. The van der Waals surface area contributed by atoms with E-state index in [1.807, 2.05) is 14.7 Å². The molecule has 0 aromatic carbocycles. The SMILES string of the molecule is O=C(C1CN(C(=O)N2CCCN(C3CCC3)CC2)C1)N1CCCCCC1. The molecule has 6 heteroatoms. The van der Waals surface area contributed by atoms with Crippen LogP contribution in [0.3, 0.4) is 0 Å². The van der Waals surface area contributed by atoms with Gasteiger partial charge in [0.25, 0.3) is 0 Å². The van der Waals surface area contributed by atoms with Crippen LogP contribution in [0.5, 0.6) is 0 Å². The molecule has 0 unspecified atom stereocenters. The number of hydrogen-bond acceptors (Lipinski definition) is 3. The number of likely N-dealkylation sites (tertiary alicyclic amines) is 2. The molecule has 0 bridgehead atoms. The normalized spacial score (nSPS) is 26.7. The molecule has 0 aromatic heterocycles. The van der Waals surface area contributed by atoms with Gasteiger partial charge in [0.2, 0.25) is 5.91 Å². The summed E-state index contributed by atoms with van der Waals surface area (Å²) in [6.45, 7) is 6.91. The lowest BCUT2D eigenvalue weighted by Gasteiger charge is -2.42. The highest BCUT2D eigenvalue weighted by molar-refractivity contribution is 5.84. The van der Waals surface area contributed by atoms with Crippen LogP contribution in [0.4, 0.5) is 4.79 Å². The molecule has 0 radical (unpaired) electrons. The second-order valence-corrected chi connectivity index (χ2v) is 8.59. The summed E-state index contributed by atoms with van der Waals surface area (Å²) in [6, 6.07) is 0.921. The van der Waals surface area contributed by atoms with Crippen LogP contribution in [-0.4, -0.2) is 89.9 Å². The van der Waals surface area contributed by atoms with Gasteiger partial charge in [-0.2, -0.15) is 0 Å². The summed E-state index contributed by atoms with van der Waals surface area (Å²) >= 11 is 0. The van der Waals surface area contributed by atoms with E-state index in [4.69, 9.17) is 0 Å². The summed E-state index contributed by atoms with van der Waals surface area (Å²) in [6.07, 6.45) is 9.85. The Hall–Kier alpha value is -1.30. The van der Waals surface area contributed by atoms with Crippen molar-refractivity contribution in [1.82, 2.24) is 19.6 Å². The van der Waals surface area contributed by atoms with E-state index in [2.05, 4.69) is 4.90 Å². The summed E-state index contributed by atoms with van der Waals surface area (Å²) in [4.78, 5) is 34.0. The van der Waals surface area contributed by atoms with E-state index in [1.165, 1.54) is 32.1 Å². The van der Waals surface area contributed by atoms with Crippen LogP contribution >= 0.6 is 0 Å². The lowest BCUT2D eigenvalue weighted by atomic mass is 9.91. The highest BCUT2D eigenvalue weighted by Crippen LogP contribution is 2.26. The van der Waals surface area contributed by atoms with Gasteiger partial charge in [0, 0.05) is 58.4 Å². The average Bonchev–Trinajstić information content (AvgIpc) is 2.94. The van der Waals surface area contributed by atoms with E-state index in [0.717, 1.165) is 64.6 Å². The van der Waals surface area contributed by atoms with Gasteiger partial charge in [-0.3, -0.25) is 9.69 Å². The molecule has 1 saturated carbocycles. The molecule has 3 amide bonds. The molecule has 3 saturated heterocycles. The molecule has 0 spiro atoms. The molecule has 4 aliphatic rings. The summed E-state index contributed by atoms with van der Waals surface area (Å²) < 4.78 is 0. The van der Waals surface area contributed by atoms with Gasteiger partial charge in [0.1, 0.15) is 0 Å². The van der Waals surface area contributed by atoms with Gasteiger partial charge in [-0.15, -0.1) is 0 Å². The van der Waals surface area contributed by atoms with Gasteiger partial charge in [-0.1, -0.05) is 19.3 Å². The summed E-state index contributed by atoms with van der Waals surface area (Å²) in [5.41, 5.74) is 0. The van der Waals surface area contributed by atoms with Crippen molar-refractivity contribution in [2.75, 3.05) is 52.4 Å². The van der Waals surface area contributed by atoms with Crippen molar-refractivity contribution < 1.29 is 9.59 Å². The van der Waals surface area contributed by atoms with E-state index in [0.29, 0.717) is 13.1 Å². The van der Waals surface area contributed by atoms with Crippen LogP contribution in [0.25, 0.3) is 0 Å². The van der Waals surface area contributed by atoms with Gasteiger partial charge in [0.05, 0.1) is 5.92 Å². The van der Waals surface area contributed by atoms with Gasteiger partial charge in [-0.25, -0.2) is 4.79 Å². The lowest BCUT2D eigenvalue weighted by molar-refractivity contribution is -0.139. The molecule has 4 rings (SSSR count). The fourth-order valence-electron chi connectivity index (χ4n) is 4.79. The Labute approximate surface area is 157 Å². The van der Waals surface area contributed by atoms with Crippen LogP contribution in [0.1, 0.15) is 51.4 Å². The number of urea groups is 1. The molecule has 3 aliphatic heterocycles. The minimum absolute atomic E-state index is 0.0375. The molecular formula is C20H34N4O2. The van der Waals surface area contributed by atoms with E-state index >= 15 is 0 Å². The number of amides is 3.